The molecule has 0 bridgehead atoms. The number of nitrogens with zero attached hydrogens (tertiary/aromatic N) is 4. The van der Waals surface area contributed by atoms with Gasteiger partial charge in [-0.2, -0.15) is 0 Å². The van der Waals surface area contributed by atoms with Crippen molar-refractivity contribution in [1.82, 2.24) is 19.9 Å². The van der Waals surface area contributed by atoms with Gasteiger partial charge in [-0.05, 0) is 51.4 Å². The predicted octanol–water partition coefficient (Wildman–Crippen LogP) is 4.87. The van der Waals surface area contributed by atoms with Gasteiger partial charge in [-0.1, -0.05) is 53.7 Å². The fraction of sp³-hybridized carbons (Fsp3) is 0.417. The lowest BCUT2D eigenvalue weighted by atomic mass is 9.72. The Morgan fingerprint density at radius 1 is 0.767 bits per heavy atom. The van der Waals surface area contributed by atoms with Crippen molar-refractivity contribution in [2.24, 2.45) is 0 Å². The molecule has 0 spiro atoms. The van der Waals surface area contributed by atoms with Crippen LogP contribution in [0, 0.1) is 0 Å². The molecule has 6 heteroatoms. The Hall–Kier alpha value is -1.76. The fourth-order valence-corrected chi connectivity index (χ4v) is 6.14. The molecule has 158 valence electrons. The Morgan fingerprint density at radius 2 is 1.27 bits per heavy atom. The van der Waals surface area contributed by atoms with Crippen LogP contribution in [0.2, 0.25) is 0 Å². The molecule has 1 atom stereocenters. The minimum Gasteiger partial charge on any atom is -0.237 e. The number of rotatable bonds is 5. The van der Waals surface area contributed by atoms with Gasteiger partial charge in [0.25, 0.3) is 0 Å². The molecule has 0 fully saturated rings. The second-order valence-electron chi connectivity index (χ2n) is 9.51. The maximum absolute atomic E-state index is 4.60. The molecular formula is C24H32N4P2. The second kappa shape index (κ2) is 9.16. The zero-order valence-electron chi connectivity index (χ0n) is 18.8. The monoisotopic (exact) mass is 438 g/mol. The minimum absolute atomic E-state index is 0.0177. The Morgan fingerprint density at radius 3 is 1.67 bits per heavy atom. The van der Waals surface area contributed by atoms with Gasteiger partial charge in [-0.15, -0.1) is 9.24 Å². The number of hydrogen-bond donors (Lipinski definition) is 0. The van der Waals surface area contributed by atoms with Crippen LogP contribution in [0.25, 0.3) is 0 Å². The van der Waals surface area contributed by atoms with Crippen LogP contribution < -0.4 is 11.1 Å². The quantitative estimate of drug-likeness (QED) is 0.534. The Balaban J connectivity index is 2.24. The lowest BCUT2D eigenvalue weighted by Gasteiger charge is -2.34. The van der Waals surface area contributed by atoms with E-state index in [1.54, 1.807) is 0 Å². The van der Waals surface area contributed by atoms with Crippen molar-refractivity contribution in [2.45, 2.75) is 64.7 Å². The van der Waals surface area contributed by atoms with Gasteiger partial charge in [-0.25, -0.2) is 19.9 Å². The Labute approximate surface area is 184 Å². The first-order valence-corrected chi connectivity index (χ1v) is 12.6. The Kier molecular flexibility index (Phi) is 7.00. The summed E-state index contributed by atoms with van der Waals surface area (Å²) in [6.45, 7) is 13.8. The summed E-state index contributed by atoms with van der Waals surface area (Å²) >= 11 is 0. The SMILES string of the molecule is CC(C)(C)c1ccc(CP)c(CP(c2ncccn2)c2ncccn2)c1C(C)(C)C. The number of hydrogen-bond acceptors (Lipinski definition) is 4. The van der Waals surface area contributed by atoms with Crippen molar-refractivity contribution in [3.05, 3.63) is 71.3 Å². The van der Waals surface area contributed by atoms with Gasteiger partial charge in [0.2, 0.25) is 0 Å². The smallest absolute Gasteiger partial charge is 0.158 e. The standard InChI is InChI=1S/C24H32N4P2/c1-23(2,3)19-10-9-17(15-29)18(20(19)24(4,5)6)16-30(21-25-11-7-12-26-21)22-27-13-8-14-28-22/h7-14H,15-16,29H2,1-6H3. The molecule has 0 aliphatic heterocycles. The first-order chi connectivity index (χ1) is 14.1. The minimum atomic E-state index is -0.914. The maximum atomic E-state index is 4.60. The van der Waals surface area contributed by atoms with E-state index < -0.39 is 7.92 Å². The first kappa shape index (κ1) is 22.9. The van der Waals surface area contributed by atoms with E-state index in [9.17, 15) is 0 Å². The molecule has 1 aromatic carbocycles. The summed E-state index contributed by atoms with van der Waals surface area (Å²) in [6, 6.07) is 8.34. The summed E-state index contributed by atoms with van der Waals surface area (Å²) in [5.74, 6) is 0. The van der Waals surface area contributed by atoms with E-state index in [1.165, 1.54) is 22.3 Å². The highest BCUT2D eigenvalue weighted by molar-refractivity contribution is 7.71. The van der Waals surface area contributed by atoms with Gasteiger partial charge in [0.1, 0.15) is 0 Å². The predicted molar refractivity (Wildman–Crippen MR) is 131 cm³/mol. The second-order valence-corrected chi connectivity index (χ2v) is 11.9. The maximum Gasteiger partial charge on any atom is 0.158 e. The molecule has 3 rings (SSSR count). The van der Waals surface area contributed by atoms with Crippen LogP contribution in [0.5, 0.6) is 0 Å². The highest BCUT2D eigenvalue weighted by Gasteiger charge is 2.31. The van der Waals surface area contributed by atoms with Gasteiger partial charge in [0, 0.05) is 38.9 Å². The molecule has 0 saturated carbocycles. The van der Waals surface area contributed by atoms with Gasteiger partial charge < -0.3 is 0 Å². The molecule has 0 radical (unpaired) electrons. The van der Waals surface area contributed by atoms with Crippen LogP contribution in [0.3, 0.4) is 0 Å². The lowest BCUT2D eigenvalue weighted by Crippen LogP contribution is -2.27. The van der Waals surface area contributed by atoms with Crippen molar-refractivity contribution < 1.29 is 0 Å². The van der Waals surface area contributed by atoms with E-state index in [0.29, 0.717) is 0 Å². The summed E-state index contributed by atoms with van der Waals surface area (Å²) < 4.78 is 0. The third-order valence-electron chi connectivity index (χ3n) is 5.09. The molecular weight excluding hydrogens is 406 g/mol. The van der Waals surface area contributed by atoms with Crippen molar-refractivity contribution in [2.75, 3.05) is 0 Å². The average Bonchev–Trinajstić information content (AvgIpc) is 2.71. The summed E-state index contributed by atoms with van der Waals surface area (Å²) in [5.41, 5.74) is 7.34. The van der Waals surface area contributed by atoms with Gasteiger partial charge in [-0.3, -0.25) is 0 Å². The largest absolute Gasteiger partial charge is 0.237 e. The third-order valence-corrected chi connectivity index (χ3v) is 7.59. The van der Waals surface area contributed by atoms with E-state index in [0.717, 1.165) is 23.5 Å². The van der Waals surface area contributed by atoms with E-state index in [1.807, 2.05) is 36.9 Å². The molecule has 0 aliphatic carbocycles. The van der Waals surface area contributed by atoms with Crippen LogP contribution in [-0.4, -0.2) is 19.9 Å². The molecule has 4 nitrogen and oxygen atoms in total. The van der Waals surface area contributed by atoms with Crippen molar-refractivity contribution in [3.63, 3.8) is 0 Å². The third kappa shape index (κ3) is 5.10. The highest BCUT2D eigenvalue weighted by Crippen LogP contribution is 2.44. The molecule has 30 heavy (non-hydrogen) atoms. The number of benzene rings is 1. The molecule has 0 aliphatic rings. The molecule has 0 N–H and O–H groups in total. The zero-order chi connectivity index (χ0) is 21.9. The summed E-state index contributed by atoms with van der Waals surface area (Å²) in [5, 5.41) is 0. The van der Waals surface area contributed by atoms with E-state index in [4.69, 9.17) is 0 Å². The van der Waals surface area contributed by atoms with E-state index >= 15 is 0 Å². The lowest BCUT2D eigenvalue weighted by molar-refractivity contribution is 0.526. The molecule has 2 aromatic heterocycles. The van der Waals surface area contributed by atoms with Crippen LogP contribution in [0.4, 0.5) is 0 Å². The molecule has 0 saturated heterocycles. The highest BCUT2D eigenvalue weighted by atomic mass is 31.1. The van der Waals surface area contributed by atoms with Crippen LogP contribution in [0.1, 0.15) is 63.8 Å². The van der Waals surface area contributed by atoms with Gasteiger partial charge >= 0.3 is 0 Å². The van der Waals surface area contributed by atoms with Crippen molar-refractivity contribution in [1.29, 1.82) is 0 Å². The van der Waals surface area contributed by atoms with Crippen molar-refractivity contribution >= 4 is 28.3 Å². The van der Waals surface area contributed by atoms with Crippen LogP contribution >= 0.6 is 17.2 Å². The molecule has 0 amide bonds. The first-order valence-electron chi connectivity index (χ1n) is 10.3. The molecule has 3 aromatic rings. The summed E-state index contributed by atoms with van der Waals surface area (Å²) in [4.78, 5) is 18.4. The van der Waals surface area contributed by atoms with E-state index in [2.05, 4.69) is 82.9 Å². The van der Waals surface area contributed by atoms with E-state index in [-0.39, 0.29) is 10.8 Å². The summed E-state index contributed by atoms with van der Waals surface area (Å²) in [6.07, 6.45) is 9.00. The number of aromatic nitrogens is 4. The average molecular weight is 438 g/mol. The molecule has 1 unspecified atom stereocenters. The zero-order valence-corrected chi connectivity index (χ0v) is 20.9. The van der Waals surface area contributed by atoms with Crippen LogP contribution in [0.15, 0.2) is 49.1 Å². The summed E-state index contributed by atoms with van der Waals surface area (Å²) in [7, 11) is 1.99. The van der Waals surface area contributed by atoms with Gasteiger partial charge in [0.15, 0.2) is 11.1 Å². The topological polar surface area (TPSA) is 51.6 Å². The normalized spacial score (nSPS) is 12.4. The Bertz CT molecular complexity index is 938. The van der Waals surface area contributed by atoms with Crippen molar-refractivity contribution in [3.8, 4) is 0 Å². The fourth-order valence-electron chi connectivity index (χ4n) is 3.79. The van der Waals surface area contributed by atoms with Crippen LogP contribution in [-0.2, 0) is 23.2 Å². The molecule has 2 heterocycles. The van der Waals surface area contributed by atoms with Gasteiger partial charge in [0.05, 0.1) is 0 Å².